The lowest BCUT2D eigenvalue weighted by molar-refractivity contribution is 0.542. The molecule has 1 fully saturated rings. The maximum absolute atomic E-state index is 11.2. The fourth-order valence-electron chi connectivity index (χ4n) is 1.59. The summed E-state index contributed by atoms with van der Waals surface area (Å²) in [4.78, 5) is 3.91. The Morgan fingerprint density at radius 3 is 2.93 bits per heavy atom. The highest BCUT2D eigenvalue weighted by Crippen LogP contribution is 2.11. The first-order chi connectivity index (χ1) is 7.05. The summed E-state index contributed by atoms with van der Waals surface area (Å²) in [7, 11) is -2.83. The lowest BCUT2D eigenvalue weighted by atomic mass is 10.2. The first kappa shape index (κ1) is 10.4. The van der Waals surface area contributed by atoms with Gasteiger partial charge in [-0.1, -0.05) is 0 Å². The highest BCUT2D eigenvalue weighted by molar-refractivity contribution is 7.91. The molecular weight excluding hydrogens is 218 g/mol. The molecule has 8 heteroatoms. The number of hydrogen-bond acceptors (Lipinski definition) is 6. The van der Waals surface area contributed by atoms with E-state index in [1.165, 1.54) is 0 Å². The molecule has 4 N–H and O–H groups in total. The molecule has 1 saturated heterocycles. The van der Waals surface area contributed by atoms with E-state index in [4.69, 9.17) is 5.73 Å². The van der Waals surface area contributed by atoms with Gasteiger partial charge >= 0.3 is 0 Å². The Morgan fingerprint density at radius 1 is 1.60 bits per heavy atom. The van der Waals surface area contributed by atoms with E-state index in [0.717, 1.165) is 0 Å². The van der Waals surface area contributed by atoms with Crippen molar-refractivity contribution in [1.29, 1.82) is 0 Å². The van der Waals surface area contributed by atoms with Gasteiger partial charge in [-0.3, -0.25) is 5.10 Å². The average molecular weight is 231 g/mol. The SMILES string of the molecule is Nc1n[nH]c(CNC2CCS(=O)(=O)C2)n1. The Kier molecular flexibility index (Phi) is 2.61. The van der Waals surface area contributed by atoms with Crippen molar-refractivity contribution < 1.29 is 8.42 Å². The zero-order valence-corrected chi connectivity index (χ0v) is 8.92. The minimum Gasteiger partial charge on any atom is -0.367 e. The summed E-state index contributed by atoms with van der Waals surface area (Å²) in [5.74, 6) is 1.29. The van der Waals surface area contributed by atoms with Crippen LogP contribution < -0.4 is 11.1 Å². The molecule has 0 radical (unpaired) electrons. The third-order valence-corrected chi connectivity index (χ3v) is 4.11. The number of aromatic nitrogens is 3. The molecule has 0 aromatic carbocycles. The fraction of sp³-hybridized carbons (Fsp3) is 0.714. The van der Waals surface area contributed by atoms with Crippen LogP contribution in [0, 0.1) is 0 Å². The predicted molar refractivity (Wildman–Crippen MR) is 54.7 cm³/mol. The predicted octanol–water partition coefficient (Wildman–Crippen LogP) is -1.34. The van der Waals surface area contributed by atoms with Gasteiger partial charge in [-0.15, -0.1) is 5.10 Å². The average Bonchev–Trinajstić information content (AvgIpc) is 2.69. The summed E-state index contributed by atoms with van der Waals surface area (Å²) in [5, 5.41) is 9.42. The second-order valence-electron chi connectivity index (χ2n) is 3.62. The number of nitrogens with zero attached hydrogens (tertiary/aromatic N) is 2. The van der Waals surface area contributed by atoms with E-state index in [0.29, 0.717) is 18.8 Å². The van der Waals surface area contributed by atoms with Crippen molar-refractivity contribution >= 4 is 15.8 Å². The molecule has 0 bridgehead atoms. The molecule has 7 nitrogen and oxygen atoms in total. The molecule has 2 rings (SSSR count). The first-order valence-electron chi connectivity index (χ1n) is 4.66. The van der Waals surface area contributed by atoms with Crippen molar-refractivity contribution in [3.05, 3.63) is 5.82 Å². The van der Waals surface area contributed by atoms with Crippen molar-refractivity contribution in [1.82, 2.24) is 20.5 Å². The van der Waals surface area contributed by atoms with E-state index < -0.39 is 9.84 Å². The van der Waals surface area contributed by atoms with Gasteiger partial charge in [0.15, 0.2) is 9.84 Å². The Balaban J connectivity index is 1.85. The Labute approximate surface area is 87.4 Å². The van der Waals surface area contributed by atoms with Crippen LogP contribution in [0.2, 0.25) is 0 Å². The van der Waals surface area contributed by atoms with Crippen molar-refractivity contribution in [3.8, 4) is 0 Å². The molecule has 84 valence electrons. The molecule has 1 unspecified atom stereocenters. The molecule has 1 aromatic heterocycles. The van der Waals surface area contributed by atoms with Crippen molar-refractivity contribution in [3.63, 3.8) is 0 Å². The minimum atomic E-state index is -2.83. The molecule has 1 aromatic rings. The van der Waals surface area contributed by atoms with Gasteiger partial charge in [0, 0.05) is 6.04 Å². The van der Waals surface area contributed by atoms with Crippen LogP contribution in [0.4, 0.5) is 5.95 Å². The molecule has 2 heterocycles. The van der Waals surface area contributed by atoms with E-state index in [-0.39, 0.29) is 23.5 Å². The number of anilines is 1. The van der Waals surface area contributed by atoms with E-state index in [1.807, 2.05) is 0 Å². The first-order valence-corrected chi connectivity index (χ1v) is 6.48. The normalized spacial score (nSPS) is 24.4. The summed E-state index contributed by atoms with van der Waals surface area (Å²) in [6.45, 7) is 0.463. The van der Waals surface area contributed by atoms with Gasteiger partial charge in [0.25, 0.3) is 0 Å². The van der Waals surface area contributed by atoms with Crippen LogP contribution >= 0.6 is 0 Å². The summed E-state index contributed by atoms with van der Waals surface area (Å²) >= 11 is 0. The van der Waals surface area contributed by atoms with E-state index >= 15 is 0 Å². The Hall–Kier alpha value is -1.15. The molecule has 0 spiro atoms. The van der Waals surface area contributed by atoms with Crippen LogP contribution in [-0.4, -0.2) is 41.1 Å². The van der Waals surface area contributed by atoms with Gasteiger partial charge in [0.1, 0.15) is 5.82 Å². The summed E-state index contributed by atoms with van der Waals surface area (Å²) in [6, 6.07) is 0.0151. The zero-order chi connectivity index (χ0) is 10.9. The standard InChI is InChI=1S/C7H13N5O2S/c8-7-10-6(11-12-7)3-9-5-1-2-15(13,14)4-5/h5,9H,1-4H2,(H3,8,10,11,12). The summed E-state index contributed by atoms with van der Waals surface area (Å²) < 4.78 is 22.3. The van der Waals surface area contributed by atoms with Crippen LogP contribution in [-0.2, 0) is 16.4 Å². The molecule has 1 atom stereocenters. The van der Waals surface area contributed by atoms with Crippen LogP contribution in [0.3, 0.4) is 0 Å². The Bertz CT molecular complexity index is 440. The molecule has 1 aliphatic heterocycles. The highest BCUT2D eigenvalue weighted by atomic mass is 32.2. The third kappa shape index (κ3) is 2.66. The quantitative estimate of drug-likeness (QED) is 0.593. The van der Waals surface area contributed by atoms with Gasteiger partial charge in [-0.25, -0.2) is 8.42 Å². The number of aromatic amines is 1. The molecule has 0 saturated carbocycles. The zero-order valence-electron chi connectivity index (χ0n) is 8.10. The van der Waals surface area contributed by atoms with Crippen LogP contribution in [0.1, 0.15) is 12.2 Å². The maximum atomic E-state index is 11.2. The van der Waals surface area contributed by atoms with Gasteiger partial charge in [-0.05, 0) is 6.42 Å². The topological polar surface area (TPSA) is 114 Å². The largest absolute Gasteiger partial charge is 0.367 e. The van der Waals surface area contributed by atoms with Crippen molar-refractivity contribution in [2.45, 2.75) is 19.0 Å². The van der Waals surface area contributed by atoms with Gasteiger partial charge in [-0.2, -0.15) is 4.98 Å². The molecule has 1 aliphatic rings. The van der Waals surface area contributed by atoms with Gasteiger partial charge in [0.2, 0.25) is 5.95 Å². The third-order valence-electron chi connectivity index (χ3n) is 2.34. The number of hydrogen-bond donors (Lipinski definition) is 3. The summed E-state index contributed by atoms with van der Waals surface area (Å²) in [6.07, 6.45) is 0.659. The number of H-pyrrole nitrogens is 1. The molecule has 0 aliphatic carbocycles. The number of nitrogens with one attached hydrogen (secondary N) is 2. The summed E-state index contributed by atoms with van der Waals surface area (Å²) in [5.41, 5.74) is 5.33. The van der Waals surface area contributed by atoms with Gasteiger partial charge < -0.3 is 11.1 Å². The van der Waals surface area contributed by atoms with E-state index in [2.05, 4.69) is 20.5 Å². The van der Waals surface area contributed by atoms with E-state index in [9.17, 15) is 8.42 Å². The smallest absolute Gasteiger partial charge is 0.239 e. The second kappa shape index (κ2) is 3.78. The minimum absolute atomic E-state index is 0.0151. The van der Waals surface area contributed by atoms with Crippen molar-refractivity contribution in [2.75, 3.05) is 17.2 Å². The van der Waals surface area contributed by atoms with E-state index in [1.54, 1.807) is 0 Å². The lowest BCUT2D eigenvalue weighted by Gasteiger charge is -2.07. The Morgan fingerprint density at radius 2 is 2.40 bits per heavy atom. The van der Waals surface area contributed by atoms with Crippen LogP contribution in [0.5, 0.6) is 0 Å². The highest BCUT2D eigenvalue weighted by Gasteiger charge is 2.27. The van der Waals surface area contributed by atoms with Crippen molar-refractivity contribution in [2.24, 2.45) is 0 Å². The van der Waals surface area contributed by atoms with Gasteiger partial charge in [0.05, 0.1) is 18.1 Å². The van der Waals surface area contributed by atoms with Crippen LogP contribution in [0.15, 0.2) is 0 Å². The number of sulfone groups is 1. The monoisotopic (exact) mass is 231 g/mol. The number of nitrogen functional groups attached to an aromatic ring is 1. The number of rotatable bonds is 3. The number of nitrogens with two attached hydrogens (primary N) is 1. The fourth-order valence-corrected chi connectivity index (χ4v) is 3.29. The molecule has 15 heavy (non-hydrogen) atoms. The van der Waals surface area contributed by atoms with Crippen LogP contribution in [0.25, 0.3) is 0 Å². The molecule has 0 amide bonds. The second-order valence-corrected chi connectivity index (χ2v) is 5.85. The maximum Gasteiger partial charge on any atom is 0.239 e. The lowest BCUT2D eigenvalue weighted by Crippen LogP contribution is -2.29. The molecular formula is C7H13N5O2S.